The normalized spacial score (nSPS) is 10.8. The highest BCUT2D eigenvalue weighted by molar-refractivity contribution is 5.97. The number of Topliss-reactive ketones (excluding diaryl/α,β-unsaturated/α-hetero) is 1. The van der Waals surface area contributed by atoms with Gasteiger partial charge >= 0.3 is 0 Å². The predicted molar refractivity (Wildman–Crippen MR) is 121 cm³/mol. The van der Waals surface area contributed by atoms with Gasteiger partial charge in [-0.25, -0.2) is 4.98 Å². The summed E-state index contributed by atoms with van der Waals surface area (Å²) in [7, 11) is 1.55. The van der Waals surface area contributed by atoms with Gasteiger partial charge in [-0.05, 0) is 43.7 Å². The molecule has 0 radical (unpaired) electrons. The first-order valence-electron chi connectivity index (χ1n) is 9.98. The van der Waals surface area contributed by atoms with Gasteiger partial charge in [0.05, 0.1) is 13.5 Å². The van der Waals surface area contributed by atoms with E-state index in [0.717, 1.165) is 16.8 Å². The lowest BCUT2D eigenvalue weighted by Gasteiger charge is -2.11. The molecule has 0 saturated carbocycles. The van der Waals surface area contributed by atoms with Crippen LogP contribution in [0, 0.1) is 6.92 Å². The van der Waals surface area contributed by atoms with E-state index < -0.39 is 0 Å². The Bertz CT molecular complexity index is 1280. The van der Waals surface area contributed by atoms with Gasteiger partial charge in [0.25, 0.3) is 0 Å². The summed E-state index contributed by atoms with van der Waals surface area (Å²) >= 11 is 0. The lowest BCUT2D eigenvalue weighted by molar-refractivity contribution is -0.115. The topological polar surface area (TPSA) is 72.7 Å². The molecule has 0 aliphatic rings. The van der Waals surface area contributed by atoms with Crippen molar-refractivity contribution in [1.29, 1.82) is 0 Å². The Morgan fingerprint density at radius 1 is 1.06 bits per heavy atom. The highest BCUT2D eigenvalue weighted by atomic mass is 16.5. The first-order chi connectivity index (χ1) is 15.0. The van der Waals surface area contributed by atoms with Crippen molar-refractivity contribution in [3.05, 3.63) is 83.6 Å². The third-order valence-electron chi connectivity index (χ3n) is 5.19. The second kappa shape index (κ2) is 8.44. The van der Waals surface area contributed by atoms with Crippen LogP contribution >= 0.6 is 0 Å². The second-order valence-corrected chi connectivity index (χ2v) is 7.37. The Morgan fingerprint density at radius 3 is 2.55 bits per heavy atom. The van der Waals surface area contributed by atoms with E-state index in [1.807, 2.05) is 60.0 Å². The summed E-state index contributed by atoms with van der Waals surface area (Å²) in [6.07, 6.45) is 1.95. The number of carbonyl (C=O) groups is 2. The van der Waals surface area contributed by atoms with Crippen molar-refractivity contribution < 1.29 is 14.3 Å². The number of anilines is 1. The predicted octanol–water partition coefficient (Wildman–Crippen LogP) is 4.70. The van der Waals surface area contributed by atoms with Crippen molar-refractivity contribution in [3.8, 4) is 17.0 Å². The SMILES string of the molecule is COc1ccc(C(C)=O)cc1CC(=O)Nc1c(-c2ccccc2)nc2c(C)cccn12. The number of rotatable bonds is 6. The van der Waals surface area contributed by atoms with Crippen LogP contribution < -0.4 is 10.1 Å². The van der Waals surface area contributed by atoms with Crippen LogP contribution in [0.25, 0.3) is 16.9 Å². The van der Waals surface area contributed by atoms with Crippen LogP contribution in [0.3, 0.4) is 0 Å². The van der Waals surface area contributed by atoms with E-state index in [1.165, 1.54) is 6.92 Å². The van der Waals surface area contributed by atoms with Crippen molar-refractivity contribution in [2.24, 2.45) is 0 Å². The molecule has 0 saturated heterocycles. The summed E-state index contributed by atoms with van der Waals surface area (Å²) in [4.78, 5) is 29.6. The van der Waals surface area contributed by atoms with E-state index in [-0.39, 0.29) is 18.1 Å². The molecule has 156 valence electrons. The fourth-order valence-corrected chi connectivity index (χ4v) is 3.61. The van der Waals surface area contributed by atoms with Crippen molar-refractivity contribution in [1.82, 2.24) is 9.38 Å². The third-order valence-corrected chi connectivity index (χ3v) is 5.19. The van der Waals surface area contributed by atoms with Crippen molar-refractivity contribution in [2.45, 2.75) is 20.3 Å². The quantitative estimate of drug-likeness (QED) is 0.465. The number of aryl methyl sites for hydroxylation is 1. The molecular weight excluding hydrogens is 390 g/mol. The Hall–Kier alpha value is -3.93. The van der Waals surface area contributed by atoms with Gasteiger partial charge in [-0.3, -0.25) is 14.0 Å². The number of nitrogens with zero attached hydrogens (tertiary/aromatic N) is 2. The van der Waals surface area contributed by atoms with Crippen LogP contribution in [-0.2, 0) is 11.2 Å². The van der Waals surface area contributed by atoms with E-state index >= 15 is 0 Å². The number of carbonyl (C=O) groups excluding carboxylic acids is 2. The fraction of sp³-hybridized carbons (Fsp3) is 0.160. The molecule has 0 aliphatic carbocycles. The van der Waals surface area contributed by atoms with Crippen molar-refractivity contribution in [2.75, 3.05) is 12.4 Å². The molecule has 4 rings (SSSR count). The van der Waals surface area contributed by atoms with E-state index in [1.54, 1.807) is 25.3 Å². The second-order valence-electron chi connectivity index (χ2n) is 7.37. The Morgan fingerprint density at radius 2 is 1.84 bits per heavy atom. The highest BCUT2D eigenvalue weighted by Gasteiger charge is 2.19. The first-order valence-corrected chi connectivity index (χ1v) is 9.98. The summed E-state index contributed by atoms with van der Waals surface area (Å²) in [6, 6.07) is 18.8. The monoisotopic (exact) mass is 413 g/mol. The maximum absolute atomic E-state index is 13.0. The Balaban J connectivity index is 1.72. The molecule has 1 N–H and O–H groups in total. The number of amides is 1. The molecule has 0 spiro atoms. The number of hydrogen-bond acceptors (Lipinski definition) is 4. The number of ether oxygens (including phenoxy) is 1. The number of nitrogens with one attached hydrogen (secondary N) is 1. The van der Waals surface area contributed by atoms with E-state index in [2.05, 4.69) is 5.32 Å². The zero-order chi connectivity index (χ0) is 22.0. The molecule has 2 aromatic carbocycles. The van der Waals surface area contributed by atoms with Gasteiger partial charge in [0.2, 0.25) is 5.91 Å². The molecule has 31 heavy (non-hydrogen) atoms. The average molecular weight is 413 g/mol. The smallest absolute Gasteiger partial charge is 0.230 e. The molecule has 0 fully saturated rings. The van der Waals surface area contributed by atoms with Crippen LogP contribution in [0.2, 0.25) is 0 Å². The molecule has 6 heteroatoms. The molecule has 4 aromatic rings. The summed E-state index contributed by atoms with van der Waals surface area (Å²) < 4.78 is 7.27. The van der Waals surface area contributed by atoms with Crippen LogP contribution in [-0.4, -0.2) is 28.2 Å². The number of ketones is 1. The lowest BCUT2D eigenvalue weighted by Crippen LogP contribution is -2.17. The average Bonchev–Trinajstić information content (AvgIpc) is 3.14. The zero-order valence-corrected chi connectivity index (χ0v) is 17.7. The van der Waals surface area contributed by atoms with E-state index in [0.29, 0.717) is 28.4 Å². The van der Waals surface area contributed by atoms with Gasteiger partial charge in [-0.1, -0.05) is 36.4 Å². The number of aromatic nitrogens is 2. The van der Waals surface area contributed by atoms with Crippen LogP contribution in [0.4, 0.5) is 5.82 Å². The lowest BCUT2D eigenvalue weighted by atomic mass is 10.0. The third kappa shape index (κ3) is 4.05. The summed E-state index contributed by atoms with van der Waals surface area (Å²) in [5, 5.41) is 3.03. The molecule has 2 aromatic heterocycles. The zero-order valence-electron chi connectivity index (χ0n) is 17.7. The maximum atomic E-state index is 13.0. The molecule has 6 nitrogen and oxygen atoms in total. The van der Waals surface area contributed by atoms with Gasteiger partial charge in [0, 0.05) is 22.9 Å². The van der Waals surface area contributed by atoms with Gasteiger partial charge in [0.1, 0.15) is 22.9 Å². The number of hydrogen-bond donors (Lipinski definition) is 1. The van der Waals surface area contributed by atoms with E-state index in [4.69, 9.17) is 9.72 Å². The molecule has 1 amide bonds. The fourth-order valence-electron chi connectivity index (χ4n) is 3.61. The van der Waals surface area contributed by atoms with Gasteiger partial charge in [-0.15, -0.1) is 0 Å². The van der Waals surface area contributed by atoms with E-state index in [9.17, 15) is 9.59 Å². The standard InChI is InChI=1S/C25H23N3O3/c1-16-8-7-13-28-24(16)27-23(18-9-5-4-6-10-18)25(28)26-22(30)15-20-14-19(17(2)29)11-12-21(20)31-3/h4-14H,15H2,1-3H3,(H,26,30). The number of imidazole rings is 1. The van der Waals surface area contributed by atoms with Gasteiger partial charge in [0.15, 0.2) is 5.78 Å². The summed E-state index contributed by atoms with van der Waals surface area (Å²) in [6.45, 7) is 3.49. The number of fused-ring (bicyclic) bond motifs is 1. The van der Waals surface area contributed by atoms with Crippen LogP contribution in [0.15, 0.2) is 66.9 Å². The van der Waals surface area contributed by atoms with Crippen LogP contribution in [0.5, 0.6) is 5.75 Å². The molecule has 0 aliphatic heterocycles. The van der Waals surface area contributed by atoms with Crippen molar-refractivity contribution in [3.63, 3.8) is 0 Å². The molecule has 0 unspecified atom stereocenters. The number of benzene rings is 2. The summed E-state index contributed by atoms with van der Waals surface area (Å²) in [5.74, 6) is 0.890. The minimum absolute atomic E-state index is 0.0621. The maximum Gasteiger partial charge on any atom is 0.230 e. The molecule has 0 bridgehead atoms. The Kier molecular flexibility index (Phi) is 5.54. The largest absolute Gasteiger partial charge is 0.496 e. The van der Waals surface area contributed by atoms with Crippen molar-refractivity contribution >= 4 is 23.2 Å². The van der Waals surface area contributed by atoms with Gasteiger partial charge < -0.3 is 10.1 Å². The minimum Gasteiger partial charge on any atom is -0.496 e. The first kappa shape index (κ1) is 20.3. The molecular formula is C25H23N3O3. The molecule has 0 atom stereocenters. The Labute approximate surface area is 180 Å². The number of methoxy groups -OCH3 is 1. The van der Waals surface area contributed by atoms with Gasteiger partial charge in [-0.2, -0.15) is 0 Å². The summed E-state index contributed by atoms with van der Waals surface area (Å²) in [5.41, 5.74) is 4.60. The highest BCUT2D eigenvalue weighted by Crippen LogP contribution is 2.30. The minimum atomic E-state index is -0.223. The number of pyridine rings is 1. The van der Waals surface area contributed by atoms with Crippen LogP contribution in [0.1, 0.15) is 28.4 Å². The molecule has 2 heterocycles.